The molecule has 0 atom stereocenters. The molecule has 0 fully saturated rings. The molecule has 10 aromatic carbocycles. The Hall–Kier alpha value is -9.60. The second-order valence-electron chi connectivity index (χ2n) is 19.4. The van der Waals surface area contributed by atoms with Crippen molar-refractivity contribution in [1.29, 1.82) is 0 Å². The van der Waals surface area contributed by atoms with Crippen molar-refractivity contribution in [2.45, 2.75) is 0 Å². The van der Waals surface area contributed by atoms with Gasteiger partial charge < -0.3 is 9.13 Å². The molecule has 354 valence electrons. The van der Waals surface area contributed by atoms with Crippen LogP contribution in [0.25, 0.3) is 152 Å². The Kier molecular flexibility index (Phi) is 9.57. The van der Waals surface area contributed by atoms with Crippen LogP contribution in [0.2, 0.25) is 0 Å². The van der Waals surface area contributed by atoms with Gasteiger partial charge in [0, 0.05) is 107 Å². The maximum atomic E-state index is 5.51. The van der Waals surface area contributed by atoms with E-state index in [9.17, 15) is 0 Å². The van der Waals surface area contributed by atoms with Gasteiger partial charge >= 0.3 is 0 Å². The highest BCUT2D eigenvalue weighted by atomic mass is 32.1. The van der Waals surface area contributed by atoms with Gasteiger partial charge in [-0.2, -0.15) is 0 Å². The highest BCUT2D eigenvalue weighted by Gasteiger charge is 2.23. The number of nitrogens with zero attached hydrogens (tertiary/aromatic N) is 6. The quantitative estimate of drug-likeness (QED) is 0.160. The summed E-state index contributed by atoms with van der Waals surface area (Å²) in [5.74, 6) is 1.76. The molecule has 6 heterocycles. The van der Waals surface area contributed by atoms with Crippen LogP contribution >= 0.6 is 22.7 Å². The van der Waals surface area contributed by atoms with Gasteiger partial charge in [0.25, 0.3) is 0 Å². The second-order valence-corrected chi connectivity index (χ2v) is 21.5. The van der Waals surface area contributed by atoms with Crippen LogP contribution < -0.4 is 0 Å². The number of hydrogen-bond acceptors (Lipinski definition) is 6. The number of rotatable bonds is 7. The fourth-order valence-corrected chi connectivity index (χ4v) is 13.9. The first-order chi connectivity index (χ1) is 37.7. The second kappa shape index (κ2) is 17.0. The molecule has 6 aromatic heterocycles. The summed E-state index contributed by atoms with van der Waals surface area (Å²) < 4.78 is 9.66. The molecule has 0 bridgehead atoms. The molecule has 0 N–H and O–H groups in total. The normalized spacial score (nSPS) is 11.9. The van der Waals surface area contributed by atoms with Crippen molar-refractivity contribution >= 4 is 107 Å². The predicted octanol–water partition coefficient (Wildman–Crippen LogP) is 18.5. The van der Waals surface area contributed by atoms with Gasteiger partial charge in [-0.25, -0.2) is 15.0 Å². The van der Waals surface area contributed by atoms with Gasteiger partial charge in [-0.15, -0.1) is 22.7 Å². The lowest BCUT2D eigenvalue weighted by atomic mass is 9.97. The minimum absolute atomic E-state index is 0.559. The molecule has 0 aliphatic rings. The van der Waals surface area contributed by atoms with E-state index >= 15 is 0 Å². The Bertz CT molecular complexity index is 4920. The maximum absolute atomic E-state index is 5.51. The zero-order valence-corrected chi connectivity index (χ0v) is 42.2. The third-order valence-electron chi connectivity index (χ3n) is 15.0. The number of para-hydroxylation sites is 4. The van der Waals surface area contributed by atoms with Crippen molar-refractivity contribution in [2.75, 3.05) is 0 Å². The van der Waals surface area contributed by atoms with E-state index in [0.717, 1.165) is 55.1 Å². The summed E-state index contributed by atoms with van der Waals surface area (Å²) in [4.78, 5) is 21.3. The minimum atomic E-state index is 0.559. The summed E-state index contributed by atoms with van der Waals surface area (Å²) in [6, 6.07) is 84.5. The molecule has 6 nitrogen and oxygen atoms in total. The Labute approximate surface area is 443 Å². The lowest BCUT2D eigenvalue weighted by Gasteiger charge is -2.14. The number of aromatic nitrogens is 6. The monoisotopic (exact) mass is 1000 g/mol. The van der Waals surface area contributed by atoms with Crippen molar-refractivity contribution in [3.63, 3.8) is 0 Å². The van der Waals surface area contributed by atoms with E-state index in [4.69, 9.17) is 19.9 Å². The van der Waals surface area contributed by atoms with Crippen molar-refractivity contribution in [1.82, 2.24) is 29.1 Å². The highest BCUT2D eigenvalue weighted by molar-refractivity contribution is 7.26. The average molecular weight is 1010 g/mol. The SMILES string of the molecule is c1ccc(-c2nc(-c3ccccc3)nc(-c3cc(-c4ccc5sc6cc7c(cc6c5c4)c4ccccc4n7-c4ccccc4)cnc3-c3cccc4c3sc3cc5c6ccccc6n(-c6ccccc6)c5cc34)n2)cc1. The van der Waals surface area contributed by atoms with Crippen LogP contribution in [0, 0.1) is 0 Å². The zero-order valence-electron chi connectivity index (χ0n) is 40.6. The van der Waals surface area contributed by atoms with E-state index in [1.54, 1.807) is 0 Å². The summed E-state index contributed by atoms with van der Waals surface area (Å²) >= 11 is 3.66. The van der Waals surface area contributed by atoms with Crippen LogP contribution in [-0.4, -0.2) is 29.1 Å². The van der Waals surface area contributed by atoms with Crippen LogP contribution in [-0.2, 0) is 0 Å². The number of benzene rings is 10. The van der Waals surface area contributed by atoms with E-state index in [1.165, 1.54) is 79.3 Å². The number of fused-ring (bicyclic) bond motifs is 12. The summed E-state index contributed by atoms with van der Waals surface area (Å²) in [6.07, 6.45) is 2.03. The van der Waals surface area contributed by atoms with E-state index < -0.39 is 0 Å². The van der Waals surface area contributed by atoms with Gasteiger partial charge in [0.15, 0.2) is 17.5 Å². The summed E-state index contributed by atoms with van der Waals surface area (Å²) in [7, 11) is 0. The van der Waals surface area contributed by atoms with Crippen molar-refractivity contribution in [3.05, 3.63) is 243 Å². The highest BCUT2D eigenvalue weighted by Crippen LogP contribution is 2.47. The van der Waals surface area contributed by atoms with E-state index in [1.807, 2.05) is 65.3 Å². The van der Waals surface area contributed by atoms with Crippen molar-refractivity contribution < 1.29 is 0 Å². The molecule has 16 rings (SSSR count). The number of hydrogen-bond donors (Lipinski definition) is 0. The van der Waals surface area contributed by atoms with Crippen LogP contribution in [0.15, 0.2) is 243 Å². The Morgan fingerprint density at radius 3 is 1.47 bits per heavy atom. The summed E-state index contributed by atoms with van der Waals surface area (Å²) in [5, 5.41) is 9.79. The molecule has 0 saturated carbocycles. The zero-order chi connectivity index (χ0) is 49.8. The first-order valence-corrected chi connectivity index (χ1v) is 27.1. The van der Waals surface area contributed by atoms with Crippen LogP contribution in [0.1, 0.15) is 0 Å². The molecule has 8 heteroatoms. The molecule has 0 unspecified atom stereocenters. The predicted molar refractivity (Wildman–Crippen MR) is 319 cm³/mol. The molecule has 0 aliphatic carbocycles. The summed E-state index contributed by atoms with van der Waals surface area (Å²) in [5.41, 5.74) is 13.6. The van der Waals surface area contributed by atoms with E-state index in [2.05, 4.69) is 209 Å². The topological polar surface area (TPSA) is 61.4 Å². The molecule has 16 aromatic rings. The largest absolute Gasteiger partial charge is 0.309 e. The lowest BCUT2D eigenvalue weighted by Crippen LogP contribution is -2.02. The van der Waals surface area contributed by atoms with Gasteiger partial charge in [-0.1, -0.05) is 158 Å². The fourth-order valence-electron chi connectivity index (χ4n) is 11.5. The average Bonchev–Trinajstić information content (AvgIpc) is 4.33. The molecule has 76 heavy (non-hydrogen) atoms. The summed E-state index contributed by atoms with van der Waals surface area (Å²) in [6.45, 7) is 0. The molecule has 0 radical (unpaired) electrons. The van der Waals surface area contributed by atoms with Crippen LogP contribution in [0.5, 0.6) is 0 Å². The van der Waals surface area contributed by atoms with Gasteiger partial charge in [0.1, 0.15) is 0 Å². The van der Waals surface area contributed by atoms with Crippen LogP contribution in [0.3, 0.4) is 0 Å². The molecular weight excluding hydrogens is 965 g/mol. The minimum Gasteiger partial charge on any atom is -0.309 e. The third-order valence-corrected chi connectivity index (χ3v) is 17.3. The van der Waals surface area contributed by atoms with Crippen molar-refractivity contribution in [3.8, 4) is 67.9 Å². The Morgan fingerprint density at radius 2 is 0.816 bits per heavy atom. The van der Waals surface area contributed by atoms with Gasteiger partial charge in [-0.3, -0.25) is 4.98 Å². The molecule has 0 amide bonds. The fraction of sp³-hybridized carbons (Fsp3) is 0. The van der Waals surface area contributed by atoms with Gasteiger partial charge in [0.05, 0.1) is 27.8 Å². The smallest absolute Gasteiger partial charge is 0.166 e. The molecular formula is C68H40N6S2. The van der Waals surface area contributed by atoms with E-state index in [-0.39, 0.29) is 0 Å². The third kappa shape index (κ3) is 6.71. The van der Waals surface area contributed by atoms with Gasteiger partial charge in [-0.05, 0) is 84.4 Å². The number of thiophene rings is 2. The first kappa shape index (κ1) is 42.9. The Balaban J connectivity index is 0.918. The molecule has 0 saturated heterocycles. The first-order valence-electron chi connectivity index (χ1n) is 25.4. The van der Waals surface area contributed by atoms with Crippen LogP contribution in [0.4, 0.5) is 0 Å². The number of pyridine rings is 1. The van der Waals surface area contributed by atoms with E-state index in [0.29, 0.717) is 17.5 Å². The molecule has 0 spiro atoms. The van der Waals surface area contributed by atoms with Crippen molar-refractivity contribution in [2.24, 2.45) is 0 Å². The molecule has 0 aliphatic heterocycles. The lowest BCUT2D eigenvalue weighted by molar-refractivity contribution is 1.07. The maximum Gasteiger partial charge on any atom is 0.166 e. The standard InChI is InChI=1S/C68H40N6S2/c1-5-18-41(19-6-1)66-70-67(42-20-7-2-8-21-42)72-68(71-66)56-35-44(43-32-33-61-53(34-43)54-36-51-47-26-13-15-30-57(47)74(46-24-11-4-12-25-46)60(51)39-63(54)75-61)40-69-64(56)50-29-17-28-49-55-37-59-52(38-62(55)76-65(49)50)48-27-14-16-31-58(48)73(59)45-22-9-3-10-23-45/h1-40H. The Morgan fingerprint density at radius 1 is 0.289 bits per heavy atom. The van der Waals surface area contributed by atoms with Gasteiger partial charge in [0.2, 0.25) is 0 Å².